The quantitative estimate of drug-likeness (QED) is 0.714. The van der Waals surface area contributed by atoms with Crippen molar-refractivity contribution in [1.29, 1.82) is 0 Å². The van der Waals surface area contributed by atoms with Gasteiger partial charge in [0, 0.05) is 12.1 Å². The van der Waals surface area contributed by atoms with E-state index < -0.39 is 11.9 Å². The number of carboxylic acid groups (broad SMARTS) is 1. The molecule has 8 heteroatoms. The van der Waals surface area contributed by atoms with Crippen molar-refractivity contribution in [2.45, 2.75) is 26.8 Å². The second-order valence-electron chi connectivity index (χ2n) is 6.00. The third-order valence-corrected chi connectivity index (χ3v) is 5.33. The minimum atomic E-state index is -1.01. The van der Waals surface area contributed by atoms with Crippen LogP contribution in [0.25, 0.3) is 21.6 Å². The van der Waals surface area contributed by atoms with Gasteiger partial charge in [-0.3, -0.25) is 19.0 Å². The summed E-state index contributed by atoms with van der Waals surface area (Å²) < 4.78 is 1.35. The maximum atomic E-state index is 13.0. The van der Waals surface area contributed by atoms with Crippen molar-refractivity contribution in [3.8, 4) is 11.4 Å². The first-order valence-corrected chi connectivity index (χ1v) is 8.73. The monoisotopic (exact) mass is 371 g/mol. The van der Waals surface area contributed by atoms with Crippen LogP contribution in [-0.4, -0.2) is 26.5 Å². The van der Waals surface area contributed by atoms with Gasteiger partial charge in [0.15, 0.2) is 0 Å². The fourth-order valence-corrected chi connectivity index (χ4v) is 3.81. The molecule has 0 unspecified atom stereocenters. The third kappa shape index (κ3) is 3.11. The number of aliphatic carboxylic acids is 1. The number of amides is 1. The molecule has 1 aromatic carbocycles. The Hall–Kier alpha value is -3.00. The normalized spacial score (nSPS) is 11.0. The Morgan fingerprint density at radius 3 is 2.46 bits per heavy atom. The average molecular weight is 371 g/mol. The number of carbonyl (C=O) groups is 2. The number of nitrogens with two attached hydrogens (primary N) is 1. The number of carboxylic acids is 1. The van der Waals surface area contributed by atoms with Crippen molar-refractivity contribution in [1.82, 2.24) is 9.55 Å². The number of carbonyl (C=O) groups excluding carboxylic acids is 1. The number of rotatable bonds is 5. The summed E-state index contributed by atoms with van der Waals surface area (Å²) in [6.45, 7) is 3.58. The highest BCUT2D eigenvalue weighted by atomic mass is 32.1. The van der Waals surface area contributed by atoms with Crippen LogP contribution in [-0.2, 0) is 11.3 Å². The molecule has 0 aliphatic rings. The van der Waals surface area contributed by atoms with Gasteiger partial charge in [-0.25, -0.2) is 4.98 Å². The van der Waals surface area contributed by atoms with Crippen LogP contribution in [0.5, 0.6) is 0 Å². The number of fused-ring (bicyclic) bond motifs is 1. The van der Waals surface area contributed by atoms with Gasteiger partial charge in [0.1, 0.15) is 10.7 Å². The summed E-state index contributed by atoms with van der Waals surface area (Å²) in [5.41, 5.74) is 7.26. The molecular formula is C18H17N3O4S. The van der Waals surface area contributed by atoms with Gasteiger partial charge < -0.3 is 10.8 Å². The largest absolute Gasteiger partial charge is 0.481 e. The summed E-state index contributed by atoms with van der Waals surface area (Å²) >= 11 is 1.08. The van der Waals surface area contributed by atoms with Crippen molar-refractivity contribution < 1.29 is 14.7 Å². The van der Waals surface area contributed by atoms with Gasteiger partial charge in [-0.05, 0) is 19.4 Å². The zero-order chi connectivity index (χ0) is 19.0. The standard InChI is InChI=1S/C18H17N3O4S/c1-9-3-5-11(6-4-9)16-20-17-13(10(2)14(26-17)15(19)24)18(25)21(16)8-7-12(22)23/h3-6H,7-8H2,1-2H3,(H2,19,24)(H,22,23). The summed E-state index contributed by atoms with van der Waals surface area (Å²) in [5, 5.41) is 9.32. The molecule has 0 radical (unpaired) electrons. The number of nitrogens with zero attached hydrogens (tertiary/aromatic N) is 2. The van der Waals surface area contributed by atoms with Crippen LogP contribution in [0, 0.1) is 13.8 Å². The number of aryl methyl sites for hydroxylation is 2. The molecule has 0 saturated heterocycles. The van der Waals surface area contributed by atoms with E-state index in [4.69, 9.17) is 10.8 Å². The molecule has 3 rings (SSSR count). The number of benzene rings is 1. The van der Waals surface area contributed by atoms with E-state index in [1.165, 1.54) is 4.57 Å². The molecule has 26 heavy (non-hydrogen) atoms. The molecule has 1 amide bonds. The Balaban J connectivity index is 2.32. The fourth-order valence-electron chi connectivity index (χ4n) is 2.79. The summed E-state index contributed by atoms with van der Waals surface area (Å²) in [5.74, 6) is -1.24. The van der Waals surface area contributed by atoms with Crippen molar-refractivity contribution in [2.24, 2.45) is 5.73 Å². The molecule has 134 valence electrons. The first-order valence-electron chi connectivity index (χ1n) is 7.92. The predicted octanol–water partition coefficient (Wildman–Crippen LogP) is 2.32. The van der Waals surface area contributed by atoms with E-state index in [0.29, 0.717) is 27.2 Å². The van der Waals surface area contributed by atoms with Crippen LogP contribution < -0.4 is 11.3 Å². The summed E-state index contributed by atoms with van der Waals surface area (Å²) in [6, 6.07) is 7.44. The zero-order valence-corrected chi connectivity index (χ0v) is 15.1. The Bertz CT molecular complexity index is 1080. The molecule has 0 aliphatic carbocycles. The highest BCUT2D eigenvalue weighted by molar-refractivity contribution is 7.20. The summed E-state index contributed by atoms with van der Waals surface area (Å²) in [4.78, 5) is 40.9. The van der Waals surface area contributed by atoms with E-state index in [0.717, 1.165) is 16.9 Å². The maximum absolute atomic E-state index is 13.0. The van der Waals surface area contributed by atoms with Gasteiger partial charge in [0.05, 0.1) is 16.7 Å². The van der Waals surface area contributed by atoms with Crippen LogP contribution >= 0.6 is 11.3 Å². The highest BCUT2D eigenvalue weighted by Crippen LogP contribution is 2.29. The first kappa shape index (κ1) is 17.8. The minimum absolute atomic E-state index is 0.0124. The number of hydrogen-bond acceptors (Lipinski definition) is 5. The van der Waals surface area contributed by atoms with E-state index in [1.54, 1.807) is 6.92 Å². The van der Waals surface area contributed by atoms with Gasteiger partial charge in [-0.1, -0.05) is 29.8 Å². The number of aromatic nitrogens is 2. The van der Waals surface area contributed by atoms with Crippen LogP contribution in [0.15, 0.2) is 29.1 Å². The topological polar surface area (TPSA) is 115 Å². The highest BCUT2D eigenvalue weighted by Gasteiger charge is 2.21. The number of thiophene rings is 1. The number of primary amides is 1. The van der Waals surface area contributed by atoms with E-state index in [2.05, 4.69) is 4.98 Å². The fraction of sp³-hybridized carbons (Fsp3) is 0.222. The van der Waals surface area contributed by atoms with E-state index >= 15 is 0 Å². The zero-order valence-electron chi connectivity index (χ0n) is 14.3. The summed E-state index contributed by atoms with van der Waals surface area (Å²) in [6.07, 6.45) is -0.210. The molecule has 2 aromatic heterocycles. The van der Waals surface area contributed by atoms with Gasteiger partial charge in [-0.15, -0.1) is 11.3 Å². The van der Waals surface area contributed by atoms with E-state index in [9.17, 15) is 14.4 Å². The Labute approximate surface area is 152 Å². The van der Waals surface area contributed by atoms with Crippen LogP contribution in [0.4, 0.5) is 0 Å². The summed E-state index contributed by atoms with van der Waals surface area (Å²) in [7, 11) is 0. The van der Waals surface area contributed by atoms with Gasteiger partial charge >= 0.3 is 5.97 Å². The second kappa shape index (κ2) is 6.72. The van der Waals surface area contributed by atoms with Crippen molar-refractivity contribution in [2.75, 3.05) is 0 Å². The van der Waals surface area contributed by atoms with Gasteiger partial charge in [-0.2, -0.15) is 0 Å². The van der Waals surface area contributed by atoms with Crippen LogP contribution in [0.1, 0.15) is 27.2 Å². The lowest BCUT2D eigenvalue weighted by Crippen LogP contribution is -2.24. The molecular weight excluding hydrogens is 354 g/mol. The Kier molecular flexibility index (Phi) is 4.60. The van der Waals surface area contributed by atoms with Crippen molar-refractivity contribution >= 4 is 33.4 Å². The molecule has 3 aromatic rings. The van der Waals surface area contributed by atoms with E-state index in [1.807, 2.05) is 31.2 Å². The van der Waals surface area contributed by atoms with Crippen LogP contribution in [0.2, 0.25) is 0 Å². The molecule has 2 heterocycles. The van der Waals surface area contributed by atoms with Gasteiger partial charge in [0.2, 0.25) is 0 Å². The van der Waals surface area contributed by atoms with E-state index in [-0.39, 0.29) is 23.4 Å². The molecule has 7 nitrogen and oxygen atoms in total. The lowest BCUT2D eigenvalue weighted by atomic mass is 10.1. The molecule has 0 atom stereocenters. The minimum Gasteiger partial charge on any atom is -0.481 e. The van der Waals surface area contributed by atoms with Crippen LogP contribution in [0.3, 0.4) is 0 Å². The molecule has 0 spiro atoms. The van der Waals surface area contributed by atoms with Crippen molar-refractivity contribution in [3.63, 3.8) is 0 Å². The molecule has 0 bridgehead atoms. The lowest BCUT2D eigenvalue weighted by Gasteiger charge is -2.12. The first-order chi connectivity index (χ1) is 12.3. The van der Waals surface area contributed by atoms with Crippen molar-refractivity contribution in [3.05, 3.63) is 50.6 Å². The second-order valence-corrected chi connectivity index (χ2v) is 7.00. The third-order valence-electron chi connectivity index (χ3n) is 4.13. The molecule has 0 aliphatic heterocycles. The molecule has 3 N–H and O–H groups in total. The smallest absolute Gasteiger partial charge is 0.305 e. The Morgan fingerprint density at radius 1 is 1.23 bits per heavy atom. The predicted molar refractivity (Wildman–Crippen MR) is 99.6 cm³/mol. The maximum Gasteiger partial charge on any atom is 0.305 e. The Morgan fingerprint density at radius 2 is 1.88 bits per heavy atom. The molecule has 0 fully saturated rings. The molecule has 0 saturated carbocycles. The SMILES string of the molecule is Cc1ccc(-c2nc3sc(C(N)=O)c(C)c3c(=O)n2CCC(=O)O)cc1. The lowest BCUT2D eigenvalue weighted by molar-refractivity contribution is -0.137. The number of hydrogen-bond donors (Lipinski definition) is 2. The average Bonchev–Trinajstić information content (AvgIpc) is 2.91. The van der Waals surface area contributed by atoms with Gasteiger partial charge in [0.25, 0.3) is 11.5 Å².